The van der Waals surface area contributed by atoms with E-state index in [0.717, 1.165) is 33.9 Å². The monoisotopic (exact) mass is 620 g/mol. The van der Waals surface area contributed by atoms with E-state index in [1.165, 1.54) is 53.0 Å². The quantitative estimate of drug-likeness (QED) is 0.220. The third-order valence-electron chi connectivity index (χ3n) is 7.24. The van der Waals surface area contributed by atoms with Crippen LogP contribution in [0.4, 0.5) is 0 Å². The Morgan fingerprint density at radius 2 is 0.738 bits per heavy atom. The molecule has 2 aliphatic heterocycles. The second kappa shape index (κ2) is 12.4. The van der Waals surface area contributed by atoms with E-state index < -0.39 is 0 Å². The average molecular weight is 621 g/mol. The van der Waals surface area contributed by atoms with Crippen LogP contribution >= 0.6 is 47.0 Å². The maximum atomic E-state index is 5.30. The molecule has 0 saturated carbocycles. The van der Waals surface area contributed by atoms with Crippen LogP contribution in [0.3, 0.4) is 0 Å². The van der Waals surface area contributed by atoms with E-state index in [9.17, 15) is 0 Å². The van der Waals surface area contributed by atoms with E-state index in [1.807, 2.05) is 0 Å². The van der Waals surface area contributed by atoms with Crippen LogP contribution in [0.2, 0.25) is 0 Å². The van der Waals surface area contributed by atoms with Crippen LogP contribution in [0.25, 0.3) is 46.1 Å². The van der Waals surface area contributed by atoms with Gasteiger partial charge in [0, 0.05) is 19.6 Å². The first-order valence-corrected chi connectivity index (χ1v) is 17.4. The molecule has 0 saturated heterocycles. The highest BCUT2D eigenvalue weighted by Crippen LogP contribution is 2.41. The lowest BCUT2D eigenvalue weighted by atomic mass is 9.95. The Labute approximate surface area is 266 Å². The number of benzene rings is 2. The minimum atomic E-state index is 0.883. The van der Waals surface area contributed by atoms with Gasteiger partial charge >= 0.3 is 0 Å². The van der Waals surface area contributed by atoms with Crippen LogP contribution in [-0.2, 0) is 0 Å². The predicted molar refractivity (Wildman–Crippen MR) is 191 cm³/mol. The molecule has 2 nitrogen and oxygen atoms in total. The highest BCUT2D eigenvalue weighted by molar-refractivity contribution is 8.28. The first-order chi connectivity index (χ1) is 20.2. The van der Waals surface area contributed by atoms with E-state index in [2.05, 4.69) is 124 Å². The SMILES string of the molecule is Cc1cc(C)c(-c2cc(C=C3SC=CS3)cc(-c3cc(C=C4SC=CS4)cc(-c4c(C)cc(C)cc4C)n3)n2)c(C)c1. The van der Waals surface area contributed by atoms with Gasteiger partial charge in [-0.3, -0.25) is 0 Å². The van der Waals surface area contributed by atoms with Crippen LogP contribution in [0.5, 0.6) is 0 Å². The lowest BCUT2D eigenvalue weighted by Gasteiger charge is -2.16. The highest BCUT2D eigenvalue weighted by Gasteiger charge is 2.17. The molecular weight excluding hydrogens is 589 g/mol. The zero-order valence-electron chi connectivity index (χ0n) is 24.6. The zero-order valence-corrected chi connectivity index (χ0v) is 27.9. The zero-order chi connectivity index (χ0) is 29.4. The molecule has 6 rings (SSSR count). The van der Waals surface area contributed by atoms with Crippen molar-refractivity contribution in [3.8, 4) is 33.9 Å². The number of hydrogen-bond acceptors (Lipinski definition) is 6. The molecule has 0 bridgehead atoms. The third kappa shape index (κ3) is 6.37. The number of nitrogens with zero attached hydrogens (tertiary/aromatic N) is 2. The number of aryl methyl sites for hydroxylation is 6. The Morgan fingerprint density at radius 1 is 0.429 bits per heavy atom. The van der Waals surface area contributed by atoms with Crippen LogP contribution < -0.4 is 0 Å². The standard InChI is InChI=1S/C36H32N2S4/c1-21-11-23(3)35(24(4)12-21)31-17-27(19-33-39-7-8-40-33)15-29(37-31)30-16-28(20-34-41-9-10-42-34)18-32(38-30)36-25(5)13-22(2)14-26(36)6/h7-20H,1-6H3. The number of pyridine rings is 2. The van der Waals surface area contributed by atoms with E-state index in [-0.39, 0.29) is 0 Å². The Hall–Kier alpha value is -2.90. The highest BCUT2D eigenvalue weighted by atomic mass is 32.2. The van der Waals surface area contributed by atoms with Crippen molar-refractivity contribution in [2.45, 2.75) is 41.5 Å². The van der Waals surface area contributed by atoms with Crippen molar-refractivity contribution < 1.29 is 0 Å². The summed E-state index contributed by atoms with van der Waals surface area (Å²) in [6.07, 6.45) is 4.53. The summed E-state index contributed by atoms with van der Waals surface area (Å²) in [4.78, 5) is 10.6. The molecule has 0 aliphatic carbocycles. The lowest BCUT2D eigenvalue weighted by Crippen LogP contribution is -1.99. The molecule has 4 heterocycles. The molecule has 0 radical (unpaired) electrons. The Balaban J connectivity index is 1.58. The van der Waals surface area contributed by atoms with Gasteiger partial charge in [0.1, 0.15) is 0 Å². The maximum absolute atomic E-state index is 5.30. The fraction of sp³-hybridized carbons (Fsp3) is 0.167. The van der Waals surface area contributed by atoms with Crippen LogP contribution in [0, 0.1) is 41.5 Å². The Kier molecular flexibility index (Phi) is 8.60. The van der Waals surface area contributed by atoms with Crippen LogP contribution in [0.1, 0.15) is 44.5 Å². The van der Waals surface area contributed by atoms with Gasteiger partial charge in [0.25, 0.3) is 0 Å². The average Bonchev–Trinajstić information content (AvgIpc) is 3.62. The summed E-state index contributed by atoms with van der Waals surface area (Å²) in [5.41, 5.74) is 15.9. The normalized spacial score (nSPS) is 14.2. The first-order valence-electron chi connectivity index (χ1n) is 13.8. The molecule has 0 spiro atoms. The first kappa shape index (κ1) is 29.2. The Bertz CT molecular complexity index is 1640. The van der Waals surface area contributed by atoms with Gasteiger partial charge in [-0.05, 0) is 133 Å². The van der Waals surface area contributed by atoms with Crippen LogP contribution in [0.15, 0.2) is 78.6 Å². The van der Waals surface area contributed by atoms with Crippen LogP contribution in [-0.4, -0.2) is 9.97 Å². The molecule has 210 valence electrons. The molecule has 42 heavy (non-hydrogen) atoms. The van der Waals surface area contributed by atoms with E-state index in [4.69, 9.17) is 9.97 Å². The van der Waals surface area contributed by atoms with Gasteiger partial charge in [-0.25, -0.2) is 9.97 Å². The van der Waals surface area contributed by atoms with Gasteiger partial charge in [0.2, 0.25) is 0 Å². The molecule has 2 aromatic carbocycles. The van der Waals surface area contributed by atoms with Gasteiger partial charge in [0.15, 0.2) is 0 Å². The van der Waals surface area contributed by atoms with Crippen molar-refractivity contribution >= 4 is 59.2 Å². The van der Waals surface area contributed by atoms with Gasteiger partial charge in [-0.2, -0.15) is 0 Å². The molecule has 0 atom stereocenters. The van der Waals surface area contributed by atoms with Crippen molar-refractivity contribution in [3.63, 3.8) is 0 Å². The summed E-state index contributed by atoms with van der Waals surface area (Å²) in [7, 11) is 0. The minimum absolute atomic E-state index is 0.883. The summed E-state index contributed by atoms with van der Waals surface area (Å²) in [5, 5.41) is 8.55. The minimum Gasteiger partial charge on any atom is -0.246 e. The molecule has 0 amide bonds. The summed E-state index contributed by atoms with van der Waals surface area (Å²) in [6.45, 7) is 13.1. The van der Waals surface area contributed by atoms with Crippen molar-refractivity contribution in [2.75, 3.05) is 0 Å². The third-order valence-corrected chi connectivity index (χ3v) is 11.2. The predicted octanol–water partition coefficient (Wildman–Crippen LogP) is 11.8. The molecule has 2 aliphatic rings. The van der Waals surface area contributed by atoms with Crippen molar-refractivity contribution in [1.82, 2.24) is 9.97 Å². The fourth-order valence-corrected chi connectivity index (χ4v) is 9.15. The van der Waals surface area contributed by atoms with Gasteiger partial charge in [0.05, 0.1) is 22.8 Å². The fourth-order valence-electron chi connectivity index (χ4n) is 5.80. The number of hydrogen-bond donors (Lipinski definition) is 0. The summed E-state index contributed by atoms with van der Waals surface area (Å²) in [6, 6.07) is 17.8. The number of aromatic nitrogens is 2. The molecule has 0 fully saturated rings. The lowest BCUT2D eigenvalue weighted by molar-refractivity contribution is 1.21. The summed E-state index contributed by atoms with van der Waals surface area (Å²) < 4.78 is 2.52. The molecular formula is C36H32N2S4. The molecule has 6 heteroatoms. The topological polar surface area (TPSA) is 25.8 Å². The summed E-state index contributed by atoms with van der Waals surface area (Å²) in [5.74, 6) is 0. The van der Waals surface area contributed by atoms with E-state index >= 15 is 0 Å². The van der Waals surface area contributed by atoms with Crippen molar-refractivity contribution in [1.29, 1.82) is 0 Å². The second-order valence-corrected chi connectivity index (χ2v) is 15.1. The number of rotatable bonds is 5. The smallest absolute Gasteiger partial charge is 0.0900 e. The van der Waals surface area contributed by atoms with Crippen molar-refractivity contribution in [2.24, 2.45) is 0 Å². The molecule has 2 aromatic heterocycles. The van der Waals surface area contributed by atoms with Gasteiger partial charge in [-0.1, -0.05) is 82.4 Å². The van der Waals surface area contributed by atoms with E-state index in [1.54, 1.807) is 47.0 Å². The van der Waals surface area contributed by atoms with Crippen molar-refractivity contribution in [3.05, 3.63) is 123 Å². The second-order valence-electron chi connectivity index (χ2n) is 10.8. The van der Waals surface area contributed by atoms with E-state index in [0.29, 0.717) is 0 Å². The largest absolute Gasteiger partial charge is 0.246 e. The molecule has 0 unspecified atom stereocenters. The Morgan fingerprint density at radius 3 is 1.07 bits per heavy atom. The molecule has 0 N–H and O–H groups in total. The maximum Gasteiger partial charge on any atom is 0.0900 e. The van der Waals surface area contributed by atoms with Gasteiger partial charge in [-0.15, -0.1) is 0 Å². The summed E-state index contributed by atoms with van der Waals surface area (Å²) >= 11 is 7.05. The molecule has 4 aromatic rings. The van der Waals surface area contributed by atoms with Gasteiger partial charge < -0.3 is 0 Å². The number of thioether (sulfide) groups is 4.